The lowest BCUT2D eigenvalue weighted by Crippen LogP contribution is -2.17. The van der Waals surface area contributed by atoms with E-state index in [9.17, 15) is 9.59 Å². The van der Waals surface area contributed by atoms with Crippen LogP contribution >= 0.6 is 0 Å². The Bertz CT molecular complexity index is 954. The molecule has 10 heteroatoms. The van der Waals surface area contributed by atoms with Crippen molar-refractivity contribution in [3.63, 3.8) is 0 Å². The molecule has 0 spiro atoms. The third-order valence-electron chi connectivity index (χ3n) is 4.24. The van der Waals surface area contributed by atoms with Gasteiger partial charge in [0.2, 0.25) is 5.91 Å². The fraction of sp³-hybridized carbons (Fsp3) is 0.353. The number of rotatable bonds is 8. The quantitative estimate of drug-likeness (QED) is 0.617. The number of aromatic nitrogens is 6. The monoisotopic (exact) mass is 371 g/mol. The van der Waals surface area contributed by atoms with Crippen LogP contribution in [0.2, 0.25) is 0 Å². The molecular weight excluding hydrogens is 350 g/mol. The molecule has 0 atom stereocenters. The minimum Gasteiger partial charge on any atom is -0.477 e. The number of aromatic carboxylic acids is 1. The van der Waals surface area contributed by atoms with Crippen molar-refractivity contribution in [2.75, 3.05) is 5.32 Å². The molecule has 0 saturated carbocycles. The number of carboxylic acid groups (broad SMARTS) is 1. The number of nitrogens with one attached hydrogen (secondary N) is 1. The zero-order valence-electron chi connectivity index (χ0n) is 15.2. The van der Waals surface area contributed by atoms with E-state index in [1.54, 1.807) is 17.1 Å². The number of carbonyl (C=O) groups excluding carboxylic acids is 1. The maximum absolute atomic E-state index is 12.1. The molecule has 3 aromatic rings. The average molecular weight is 371 g/mol. The summed E-state index contributed by atoms with van der Waals surface area (Å²) < 4.78 is 4.94. The first-order valence-corrected chi connectivity index (χ1v) is 8.56. The van der Waals surface area contributed by atoms with Crippen molar-refractivity contribution in [2.24, 2.45) is 0 Å². The molecule has 0 unspecified atom stereocenters. The molecule has 27 heavy (non-hydrogen) atoms. The maximum atomic E-state index is 12.1. The van der Waals surface area contributed by atoms with Crippen molar-refractivity contribution in [2.45, 2.75) is 39.9 Å². The standard InChI is InChI=1S/C17H21N7O3/c1-3-23-12(2)13(8-20-23)10-22-11-14(9-19-22)21-16(25)5-7-24-15(17(26)27)4-6-18-24/h4,6,8-9,11H,3,5,7,10H2,1-2H3,(H,21,25)(H,26,27). The summed E-state index contributed by atoms with van der Waals surface area (Å²) in [6.07, 6.45) is 6.65. The second kappa shape index (κ2) is 7.85. The summed E-state index contributed by atoms with van der Waals surface area (Å²) in [4.78, 5) is 23.1. The molecule has 142 valence electrons. The lowest BCUT2D eigenvalue weighted by atomic mass is 10.2. The number of hydrogen-bond donors (Lipinski definition) is 2. The molecule has 1 amide bonds. The van der Waals surface area contributed by atoms with Gasteiger partial charge in [0.1, 0.15) is 5.69 Å². The van der Waals surface area contributed by atoms with Crippen LogP contribution in [0.15, 0.2) is 30.9 Å². The van der Waals surface area contributed by atoms with E-state index in [1.165, 1.54) is 16.9 Å². The molecule has 0 saturated heterocycles. The first-order valence-electron chi connectivity index (χ1n) is 8.56. The minimum absolute atomic E-state index is 0.0543. The molecule has 0 aliphatic rings. The third-order valence-corrected chi connectivity index (χ3v) is 4.24. The van der Waals surface area contributed by atoms with E-state index in [4.69, 9.17) is 5.11 Å². The van der Waals surface area contributed by atoms with Gasteiger partial charge in [0.15, 0.2) is 0 Å². The molecule has 0 fully saturated rings. The largest absolute Gasteiger partial charge is 0.477 e. The van der Waals surface area contributed by atoms with Crippen LogP contribution in [-0.4, -0.2) is 46.3 Å². The molecular formula is C17H21N7O3. The van der Waals surface area contributed by atoms with E-state index in [-0.39, 0.29) is 24.6 Å². The van der Waals surface area contributed by atoms with E-state index >= 15 is 0 Å². The van der Waals surface area contributed by atoms with Crippen LogP contribution in [-0.2, 0) is 24.4 Å². The molecule has 2 N–H and O–H groups in total. The van der Waals surface area contributed by atoms with Gasteiger partial charge >= 0.3 is 5.97 Å². The highest BCUT2D eigenvalue weighted by Gasteiger charge is 2.12. The Morgan fingerprint density at radius 2 is 2.00 bits per heavy atom. The number of hydrogen-bond acceptors (Lipinski definition) is 5. The molecule has 3 aromatic heterocycles. The second-order valence-corrected chi connectivity index (χ2v) is 6.04. The summed E-state index contributed by atoms with van der Waals surface area (Å²) in [5.41, 5.74) is 2.79. The van der Waals surface area contributed by atoms with Crippen LogP contribution in [0, 0.1) is 6.92 Å². The highest BCUT2D eigenvalue weighted by molar-refractivity contribution is 5.90. The van der Waals surface area contributed by atoms with Gasteiger partial charge in [-0.05, 0) is 19.9 Å². The Labute approximate surface area is 155 Å². The van der Waals surface area contributed by atoms with Gasteiger partial charge < -0.3 is 10.4 Å². The van der Waals surface area contributed by atoms with Crippen molar-refractivity contribution in [3.05, 3.63) is 47.8 Å². The van der Waals surface area contributed by atoms with Gasteiger partial charge in [0, 0.05) is 36.6 Å². The van der Waals surface area contributed by atoms with Gasteiger partial charge in [-0.15, -0.1) is 0 Å². The van der Waals surface area contributed by atoms with Crippen LogP contribution in [0.5, 0.6) is 0 Å². The predicted molar refractivity (Wildman–Crippen MR) is 96.4 cm³/mol. The van der Waals surface area contributed by atoms with Gasteiger partial charge in [-0.25, -0.2) is 4.79 Å². The van der Waals surface area contributed by atoms with Gasteiger partial charge in [-0.2, -0.15) is 15.3 Å². The Balaban J connectivity index is 1.55. The summed E-state index contributed by atoms with van der Waals surface area (Å²) in [5, 5.41) is 24.3. The Morgan fingerprint density at radius 1 is 1.19 bits per heavy atom. The molecule has 0 aromatic carbocycles. The van der Waals surface area contributed by atoms with Gasteiger partial charge in [0.25, 0.3) is 0 Å². The van der Waals surface area contributed by atoms with Crippen LogP contribution in [0.25, 0.3) is 0 Å². The lowest BCUT2D eigenvalue weighted by molar-refractivity contribution is -0.116. The van der Waals surface area contributed by atoms with Crippen LogP contribution in [0.1, 0.15) is 35.1 Å². The zero-order valence-corrected chi connectivity index (χ0v) is 15.2. The van der Waals surface area contributed by atoms with Crippen molar-refractivity contribution < 1.29 is 14.7 Å². The Morgan fingerprint density at radius 3 is 2.70 bits per heavy atom. The summed E-state index contributed by atoms with van der Waals surface area (Å²) in [6.45, 7) is 5.61. The van der Waals surface area contributed by atoms with Crippen molar-refractivity contribution in [1.82, 2.24) is 29.3 Å². The van der Waals surface area contributed by atoms with Crippen LogP contribution in [0.4, 0.5) is 5.69 Å². The molecule has 0 radical (unpaired) electrons. The number of carboxylic acids is 1. The van der Waals surface area contributed by atoms with Crippen LogP contribution < -0.4 is 5.32 Å². The molecule has 3 heterocycles. The number of amides is 1. The summed E-state index contributed by atoms with van der Waals surface area (Å²) in [6, 6.07) is 1.40. The van der Waals surface area contributed by atoms with E-state index in [2.05, 4.69) is 20.6 Å². The summed E-state index contributed by atoms with van der Waals surface area (Å²) >= 11 is 0. The van der Waals surface area contributed by atoms with Gasteiger partial charge in [0.05, 0.1) is 31.2 Å². The highest BCUT2D eigenvalue weighted by Crippen LogP contribution is 2.12. The number of anilines is 1. The molecule has 3 rings (SSSR count). The number of carbonyl (C=O) groups is 2. The average Bonchev–Trinajstić information content (AvgIpc) is 3.35. The highest BCUT2D eigenvalue weighted by atomic mass is 16.4. The van der Waals surface area contributed by atoms with Gasteiger partial charge in [-0.3, -0.25) is 18.8 Å². The lowest BCUT2D eigenvalue weighted by Gasteiger charge is -2.05. The Kier molecular flexibility index (Phi) is 5.34. The zero-order chi connectivity index (χ0) is 19.4. The first-order chi connectivity index (χ1) is 13.0. The topological polar surface area (TPSA) is 120 Å². The van der Waals surface area contributed by atoms with Crippen molar-refractivity contribution in [1.29, 1.82) is 0 Å². The smallest absolute Gasteiger partial charge is 0.354 e. The van der Waals surface area contributed by atoms with Crippen LogP contribution in [0.3, 0.4) is 0 Å². The molecule has 0 aliphatic heterocycles. The van der Waals surface area contributed by atoms with E-state index in [0.717, 1.165) is 17.8 Å². The normalized spacial score (nSPS) is 10.9. The van der Waals surface area contributed by atoms with E-state index in [1.807, 2.05) is 24.7 Å². The minimum atomic E-state index is -1.07. The molecule has 0 aliphatic carbocycles. The fourth-order valence-corrected chi connectivity index (χ4v) is 2.77. The fourth-order valence-electron chi connectivity index (χ4n) is 2.77. The van der Waals surface area contributed by atoms with Crippen molar-refractivity contribution in [3.8, 4) is 0 Å². The summed E-state index contributed by atoms with van der Waals surface area (Å²) in [5.74, 6) is -1.31. The maximum Gasteiger partial charge on any atom is 0.354 e. The summed E-state index contributed by atoms with van der Waals surface area (Å²) in [7, 11) is 0. The molecule has 10 nitrogen and oxygen atoms in total. The molecule has 0 bridgehead atoms. The Hall–Kier alpha value is -3.43. The second-order valence-electron chi connectivity index (χ2n) is 6.04. The van der Waals surface area contributed by atoms with Crippen molar-refractivity contribution >= 4 is 17.6 Å². The first kappa shape index (κ1) is 18.4. The SMILES string of the molecule is CCn1ncc(Cn2cc(NC(=O)CCn3nccc3C(=O)O)cn2)c1C. The number of aryl methyl sites for hydroxylation is 2. The van der Waals surface area contributed by atoms with Gasteiger partial charge in [-0.1, -0.05) is 0 Å². The van der Waals surface area contributed by atoms with E-state index < -0.39 is 5.97 Å². The number of nitrogens with zero attached hydrogens (tertiary/aromatic N) is 6. The van der Waals surface area contributed by atoms with E-state index in [0.29, 0.717) is 12.2 Å². The third kappa shape index (κ3) is 4.22. The predicted octanol–water partition coefficient (Wildman–Crippen LogP) is 1.38.